The molecule has 2 N–H and O–H groups in total. The zero-order valence-corrected chi connectivity index (χ0v) is 11.5. The summed E-state index contributed by atoms with van der Waals surface area (Å²) in [5.41, 5.74) is -0.247. The monoisotopic (exact) mass is 240 g/mol. The van der Waals surface area contributed by atoms with Gasteiger partial charge in [-0.1, -0.05) is 34.6 Å². The van der Waals surface area contributed by atoms with E-state index >= 15 is 0 Å². The topological polar surface area (TPSA) is 58.2 Å². The van der Waals surface area contributed by atoms with Gasteiger partial charge in [0, 0.05) is 0 Å². The molecule has 0 aliphatic carbocycles. The molecule has 1 heterocycles. The van der Waals surface area contributed by atoms with Crippen molar-refractivity contribution in [3.05, 3.63) is 0 Å². The zero-order chi connectivity index (χ0) is 13.2. The van der Waals surface area contributed by atoms with E-state index in [2.05, 4.69) is 24.5 Å². The van der Waals surface area contributed by atoms with E-state index in [0.29, 0.717) is 12.3 Å². The molecule has 0 radical (unpaired) electrons. The van der Waals surface area contributed by atoms with Gasteiger partial charge in [-0.25, -0.2) is 0 Å². The summed E-state index contributed by atoms with van der Waals surface area (Å²) in [6.07, 6.45) is 1.66. The van der Waals surface area contributed by atoms with Crippen LogP contribution in [0.3, 0.4) is 0 Å². The quantitative estimate of drug-likeness (QED) is 0.784. The second-order valence-electron chi connectivity index (χ2n) is 6.34. The third kappa shape index (κ3) is 3.72. The molecule has 4 nitrogen and oxygen atoms in total. The number of amides is 2. The van der Waals surface area contributed by atoms with Crippen LogP contribution in [0.25, 0.3) is 0 Å². The smallest absolute Gasteiger partial charge is 0.243 e. The highest BCUT2D eigenvalue weighted by molar-refractivity contribution is 5.97. The summed E-state index contributed by atoms with van der Waals surface area (Å²) in [7, 11) is 0. The average Bonchev–Trinajstić information content (AvgIpc) is 2.17. The Kier molecular flexibility index (Phi) is 4.17. The van der Waals surface area contributed by atoms with Gasteiger partial charge >= 0.3 is 0 Å². The molecule has 1 rings (SSSR count). The third-order valence-corrected chi connectivity index (χ3v) is 3.08. The molecule has 2 amide bonds. The molecule has 1 fully saturated rings. The van der Waals surface area contributed by atoms with Crippen molar-refractivity contribution in [1.29, 1.82) is 0 Å². The summed E-state index contributed by atoms with van der Waals surface area (Å²) in [6.45, 7) is 10.1. The van der Waals surface area contributed by atoms with E-state index in [0.717, 1.165) is 6.42 Å². The predicted octanol–water partition coefficient (Wildman–Crippen LogP) is 1.45. The highest BCUT2D eigenvalue weighted by atomic mass is 16.2. The van der Waals surface area contributed by atoms with Crippen LogP contribution in [0.1, 0.15) is 47.5 Å². The van der Waals surface area contributed by atoms with Crippen molar-refractivity contribution in [2.45, 2.75) is 59.5 Å². The van der Waals surface area contributed by atoms with Gasteiger partial charge in [-0.3, -0.25) is 9.59 Å². The molecule has 2 unspecified atom stereocenters. The van der Waals surface area contributed by atoms with Gasteiger partial charge in [0.25, 0.3) is 0 Å². The number of piperazine rings is 1. The van der Waals surface area contributed by atoms with Crippen LogP contribution < -0.4 is 10.6 Å². The third-order valence-electron chi connectivity index (χ3n) is 3.08. The first kappa shape index (κ1) is 14.0. The number of rotatable bonds is 3. The van der Waals surface area contributed by atoms with Crippen molar-refractivity contribution >= 4 is 11.8 Å². The van der Waals surface area contributed by atoms with Gasteiger partial charge < -0.3 is 10.6 Å². The highest BCUT2D eigenvalue weighted by Gasteiger charge is 2.39. The molecule has 0 aromatic heterocycles. The summed E-state index contributed by atoms with van der Waals surface area (Å²) in [5.74, 6) is 0.427. The first-order valence-electron chi connectivity index (χ1n) is 6.32. The van der Waals surface area contributed by atoms with Crippen molar-refractivity contribution in [3.8, 4) is 0 Å². The summed E-state index contributed by atoms with van der Waals surface area (Å²) >= 11 is 0. The zero-order valence-electron chi connectivity index (χ0n) is 11.5. The Labute approximate surface area is 104 Å². The number of nitrogens with one attached hydrogen (secondary N) is 2. The van der Waals surface area contributed by atoms with Crippen LogP contribution in [-0.2, 0) is 9.59 Å². The molecule has 1 aliphatic rings. The van der Waals surface area contributed by atoms with E-state index < -0.39 is 6.04 Å². The number of hydrogen-bond donors (Lipinski definition) is 2. The molecular formula is C13H24N2O2. The largest absolute Gasteiger partial charge is 0.343 e. The fourth-order valence-electron chi connectivity index (χ4n) is 1.94. The van der Waals surface area contributed by atoms with Crippen molar-refractivity contribution in [1.82, 2.24) is 10.6 Å². The molecule has 0 aromatic rings. The molecule has 0 spiro atoms. The van der Waals surface area contributed by atoms with Crippen molar-refractivity contribution in [2.24, 2.45) is 11.3 Å². The maximum absolute atomic E-state index is 11.9. The van der Waals surface area contributed by atoms with Gasteiger partial charge in [0.1, 0.15) is 12.1 Å². The molecule has 0 aromatic carbocycles. The minimum Gasteiger partial charge on any atom is -0.343 e. The standard InChI is InChI=1S/C13H24N2O2/c1-8(2)6-7-9-11(16)15-10(12(17)14-9)13(3,4)5/h8-10H,6-7H2,1-5H3,(H,14,17)(H,15,16). The van der Waals surface area contributed by atoms with Crippen LogP contribution in [0.4, 0.5) is 0 Å². The fraction of sp³-hybridized carbons (Fsp3) is 0.846. The van der Waals surface area contributed by atoms with E-state index in [1.165, 1.54) is 0 Å². The van der Waals surface area contributed by atoms with E-state index in [1.807, 2.05) is 20.8 Å². The van der Waals surface area contributed by atoms with Gasteiger partial charge in [0.2, 0.25) is 11.8 Å². The van der Waals surface area contributed by atoms with Crippen molar-refractivity contribution in [2.75, 3.05) is 0 Å². The Balaban J connectivity index is 2.62. The molecule has 17 heavy (non-hydrogen) atoms. The number of carbonyl (C=O) groups is 2. The van der Waals surface area contributed by atoms with Gasteiger partial charge in [0.15, 0.2) is 0 Å². The van der Waals surface area contributed by atoms with Gasteiger partial charge in [-0.15, -0.1) is 0 Å². The number of hydrogen-bond acceptors (Lipinski definition) is 2. The molecule has 98 valence electrons. The van der Waals surface area contributed by atoms with Gasteiger partial charge in [-0.05, 0) is 24.2 Å². The summed E-state index contributed by atoms with van der Waals surface area (Å²) in [5, 5.41) is 5.66. The molecule has 4 heteroatoms. The van der Waals surface area contributed by atoms with Crippen LogP contribution >= 0.6 is 0 Å². The van der Waals surface area contributed by atoms with Crippen LogP contribution in [0.15, 0.2) is 0 Å². The Morgan fingerprint density at radius 1 is 1.12 bits per heavy atom. The normalized spacial score (nSPS) is 25.8. The fourth-order valence-corrected chi connectivity index (χ4v) is 1.94. The second kappa shape index (κ2) is 5.07. The first-order valence-corrected chi connectivity index (χ1v) is 6.32. The summed E-state index contributed by atoms with van der Waals surface area (Å²) in [6, 6.07) is -0.784. The van der Waals surface area contributed by atoms with Crippen LogP contribution in [0, 0.1) is 11.3 Å². The lowest BCUT2D eigenvalue weighted by Crippen LogP contribution is -2.65. The maximum atomic E-state index is 11.9. The van der Waals surface area contributed by atoms with Crippen molar-refractivity contribution in [3.63, 3.8) is 0 Å². The van der Waals surface area contributed by atoms with Crippen LogP contribution in [0.5, 0.6) is 0 Å². The number of carbonyl (C=O) groups excluding carboxylic acids is 2. The van der Waals surface area contributed by atoms with Crippen molar-refractivity contribution < 1.29 is 9.59 Å². The Hall–Kier alpha value is -1.06. The lowest BCUT2D eigenvalue weighted by molar-refractivity contribution is -0.139. The van der Waals surface area contributed by atoms with E-state index in [-0.39, 0.29) is 23.3 Å². The SMILES string of the molecule is CC(C)CCC1NC(=O)C(C(C)(C)C)NC1=O. The maximum Gasteiger partial charge on any atom is 0.243 e. The van der Waals surface area contributed by atoms with Crippen LogP contribution in [0.2, 0.25) is 0 Å². The Morgan fingerprint density at radius 3 is 2.18 bits per heavy atom. The Morgan fingerprint density at radius 2 is 1.71 bits per heavy atom. The van der Waals surface area contributed by atoms with E-state index in [1.54, 1.807) is 0 Å². The van der Waals surface area contributed by atoms with E-state index in [9.17, 15) is 9.59 Å². The lowest BCUT2D eigenvalue weighted by atomic mass is 9.84. The van der Waals surface area contributed by atoms with Crippen LogP contribution in [-0.4, -0.2) is 23.9 Å². The minimum atomic E-state index is -0.426. The molecule has 2 atom stereocenters. The predicted molar refractivity (Wildman–Crippen MR) is 67.4 cm³/mol. The minimum absolute atomic E-state index is 0.0508. The van der Waals surface area contributed by atoms with Gasteiger partial charge in [0.05, 0.1) is 0 Å². The molecule has 1 saturated heterocycles. The first-order chi connectivity index (χ1) is 7.71. The van der Waals surface area contributed by atoms with E-state index in [4.69, 9.17) is 0 Å². The molecule has 0 bridgehead atoms. The molecular weight excluding hydrogens is 216 g/mol. The Bertz CT molecular complexity index is 305. The average molecular weight is 240 g/mol. The lowest BCUT2D eigenvalue weighted by Gasteiger charge is -2.36. The molecule has 1 aliphatic heterocycles. The molecule has 0 saturated carbocycles. The summed E-state index contributed by atoms with van der Waals surface area (Å²) < 4.78 is 0. The summed E-state index contributed by atoms with van der Waals surface area (Å²) in [4.78, 5) is 23.8. The second-order valence-corrected chi connectivity index (χ2v) is 6.34. The van der Waals surface area contributed by atoms with Gasteiger partial charge in [-0.2, -0.15) is 0 Å². The highest BCUT2D eigenvalue weighted by Crippen LogP contribution is 2.22.